The molecule has 4 rings (SSSR count). The maximum Gasteiger partial charge on any atom is 0.258 e. The average Bonchev–Trinajstić information content (AvgIpc) is 2.78. The first-order chi connectivity index (χ1) is 15.0. The summed E-state index contributed by atoms with van der Waals surface area (Å²) in [4.78, 5) is 27.7. The second-order valence-corrected chi connectivity index (χ2v) is 8.25. The van der Waals surface area contributed by atoms with Crippen LogP contribution in [-0.4, -0.2) is 36.4 Å². The Labute approximate surface area is 180 Å². The van der Waals surface area contributed by atoms with Crippen LogP contribution in [0.15, 0.2) is 36.4 Å². The molecule has 7 heteroatoms. The van der Waals surface area contributed by atoms with Crippen LogP contribution in [0.5, 0.6) is 5.75 Å². The summed E-state index contributed by atoms with van der Waals surface area (Å²) in [5, 5.41) is 2.58. The maximum absolute atomic E-state index is 13.9. The number of anilines is 1. The highest BCUT2D eigenvalue weighted by Crippen LogP contribution is 2.37. The van der Waals surface area contributed by atoms with Crippen LogP contribution in [0.2, 0.25) is 0 Å². The number of halogens is 2. The predicted molar refractivity (Wildman–Crippen MR) is 113 cm³/mol. The number of methoxy groups -OCH3 is 1. The van der Waals surface area contributed by atoms with Crippen molar-refractivity contribution in [3.63, 3.8) is 0 Å². The Bertz CT molecular complexity index is 993. The molecule has 1 aliphatic carbocycles. The Hall–Kier alpha value is -2.96. The summed E-state index contributed by atoms with van der Waals surface area (Å²) < 4.78 is 32.4. The third-order valence-corrected chi connectivity index (χ3v) is 6.37. The summed E-state index contributed by atoms with van der Waals surface area (Å²) in [5.41, 5.74) is 0.535. The second-order valence-electron chi connectivity index (χ2n) is 8.25. The van der Waals surface area contributed by atoms with Gasteiger partial charge in [-0.05, 0) is 55.9 Å². The lowest BCUT2D eigenvalue weighted by molar-refractivity contribution is 0.0388. The Balaban J connectivity index is 1.54. The van der Waals surface area contributed by atoms with Crippen LogP contribution in [0.4, 0.5) is 14.5 Å². The van der Waals surface area contributed by atoms with E-state index in [1.54, 1.807) is 18.2 Å². The van der Waals surface area contributed by atoms with Crippen molar-refractivity contribution in [2.24, 2.45) is 5.92 Å². The SMILES string of the molecule is COc1cc(NC(=O)c2ccc(F)cc2F)ccc1C(=O)N1CCC[C@H]2CCCC[C@H]21. The minimum absolute atomic E-state index is 0.0593. The fourth-order valence-electron chi connectivity index (χ4n) is 4.85. The molecule has 2 aromatic rings. The van der Waals surface area contributed by atoms with Crippen molar-refractivity contribution in [2.45, 2.75) is 44.6 Å². The summed E-state index contributed by atoms with van der Waals surface area (Å²) in [6.45, 7) is 0.742. The number of nitrogens with zero attached hydrogens (tertiary/aromatic N) is 1. The van der Waals surface area contributed by atoms with E-state index in [0.29, 0.717) is 29.0 Å². The van der Waals surface area contributed by atoms with E-state index in [0.717, 1.165) is 37.9 Å². The van der Waals surface area contributed by atoms with Crippen molar-refractivity contribution in [3.8, 4) is 5.75 Å². The molecule has 1 saturated carbocycles. The summed E-state index contributed by atoms with van der Waals surface area (Å²) >= 11 is 0. The predicted octanol–water partition coefficient (Wildman–Crippen LogP) is 5.02. The monoisotopic (exact) mass is 428 g/mol. The number of hydrogen-bond donors (Lipinski definition) is 1. The van der Waals surface area contributed by atoms with E-state index < -0.39 is 17.5 Å². The van der Waals surface area contributed by atoms with E-state index in [-0.39, 0.29) is 17.5 Å². The van der Waals surface area contributed by atoms with E-state index in [4.69, 9.17) is 4.74 Å². The van der Waals surface area contributed by atoms with Gasteiger partial charge in [-0.2, -0.15) is 0 Å². The molecule has 2 fully saturated rings. The number of amides is 2. The van der Waals surface area contributed by atoms with Gasteiger partial charge in [-0.15, -0.1) is 0 Å². The van der Waals surface area contributed by atoms with Gasteiger partial charge in [-0.3, -0.25) is 9.59 Å². The molecule has 1 heterocycles. The molecule has 2 aromatic carbocycles. The van der Waals surface area contributed by atoms with E-state index in [2.05, 4.69) is 5.32 Å². The van der Waals surface area contributed by atoms with Crippen molar-refractivity contribution in [2.75, 3.05) is 19.0 Å². The minimum atomic E-state index is -0.941. The van der Waals surface area contributed by atoms with Crippen molar-refractivity contribution < 1.29 is 23.1 Å². The quantitative estimate of drug-likeness (QED) is 0.744. The van der Waals surface area contributed by atoms with Gasteiger partial charge in [0.1, 0.15) is 17.4 Å². The van der Waals surface area contributed by atoms with Crippen molar-refractivity contribution >= 4 is 17.5 Å². The van der Waals surface area contributed by atoms with Crippen LogP contribution in [0.1, 0.15) is 59.2 Å². The topological polar surface area (TPSA) is 58.6 Å². The first-order valence-electron chi connectivity index (χ1n) is 10.7. The molecular formula is C24H26F2N2O3. The summed E-state index contributed by atoms with van der Waals surface area (Å²) in [7, 11) is 1.47. The first kappa shape index (κ1) is 21.3. The number of benzene rings is 2. The van der Waals surface area contributed by atoms with Crippen LogP contribution in [0.25, 0.3) is 0 Å². The summed E-state index contributed by atoms with van der Waals surface area (Å²) in [6, 6.07) is 7.83. The third-order valence-electron chi connectivity index (χ3n) is 6.37. The molecule has 1 aliphatic heterocycles. The highest BCUT2D eigenvalue weighted by atomic mass is 19.1. The number of nitrogens with one attached hydrogen (secondary N) is 1. The van der Waals surface area contributed by atoms with Gasteiger partial charge < -0.3 is 15.0 Å². The van der Waals surface area contributed by atoms with Gasteiger partial charge >= 0.3 is 0 Å². The molecular weight excluding hydrogens is 402 g/mol. The normalized spacial score (nSPS) is 20.7. The number of likely N-dealkylation sites (tertiary alicyclic amines) is 1. The number of rotatable bonds is 4. The van der Waals surface area contributed by atoms with Gasteiger partial charge in [0, 0.05) is 30.4 Å². The first-order valence-corrected chi connectivity index (χ1v) is 10.7. The van der Waals surface area contributed by atoms with Gasteiger partial charge in [0.15, 0.2) is 0 Å². The zero-order chi connectivity index (χ0) is 22.0. The second kappa shape index (κ2) is 9.04. The molecule has 31 heavy (non-hydrogen) atoms. The van der Waals surface area contributed by atoms with Crippen LogP contribution < -0.4 is 10.1 Å². The number of fused-ring (bicyclic) bond motifs is 1. The maximum atomic E-state index is 13.9. The highest BCUT2D eigenvalue weighted by molar-refractivity contribution is 6.05. The Kier molecular flexibility index (Phi) is 6.20. The van der Waals surface area contributed by atoms with Gasteiger partial charge in [0.05, 0.1) is 18.2 Å². The number of carbonyl (C=O) groups is 2. The number of carbonyl (C=O) groups excluding carboxylic acids is 2. The number of ether oxygens (including phenoxy) is 1. The Morgan fingerprint density at radius 3 is 2.52 bits per heavy atom. The fourth-order valence-corrected chi connectivity index (χ4v) is 4.85. The molecule has 1 N–H and O–H groups in total. The van der Waals surface area contributed by atoms with Gasteiger partial charge in [-0.25, -0.2) is 8.78 Å². The van der Waals surface area contributed by atoms with Crippen LogP contribution in [0, 0.1) is 17.6 Å². The van der Waals surface area contributed by atoms with Crippen molar-refractivity contribution in [1.29, 1.82) is 0 Å². The molecule has 0 bridgehead atoms. The summed E-state index contributed by atoms with van der Waals surface area (Å²) in [6.07, 6.45) is 6.78. The van der Waals surface area contributed by atoms with Crippen LogP contribution >= 0.6 is 0 Å². The third kappa shape index (κ3) is 4.40. The molecule has 0 spiro atoms. The molecule has 0 radical (unpaired) electrons. The molecule has 2 amide bonds. The van der Waals surface area contributed by atoms with Crippen LogP contribution in [0.3, 0.4) is 0 Å². The lowest BCUT2D eigenvalue weighted by Crippen LogP contribution is -2.49. The van der Waals surface area contributed by atoms with Gasteiger partial charge in [0.25, 0.3) is 11.8 Å². The molecule has 1 saturated heterocycles. The molecule has 164 valence electrons. The van der Waals surface area contributed by atoms with Crippen molar-refractivity contribution in [1.82, 2.24) is 4.90 Å². The fraction of sp³-hybridized carbons (Fsp3) is 0.417. The molecule has 2 aliphatic rings. The van der Waals surface area contributed by atoms with E-state index in [1.165, 1.54) is 26.4 Å². The molecule has 5 nitrogen and oxygen atoms in total. The Morgan fingerprint density at radius 1 is 1.00 bits per heavy atom. The lowest BCUT2D eigenvalue weighted by Gasteiger charge is -2.44. The largest absolute Gasteiger partial charge is 0.496 e. The van der Waals surface area contributed by atoms with Gasteiger partial charge in [-0.1, -0.05) is 12.8 Å². The molecule has 0 aromatic heterocycles. The highest BCUT2D eigenvalue weighted by Gasteiger charge is 2.36. The zero-order valence-corrected chi connectivity index (χ0v) is 17.5. The minimum Gasteiger partial charge on any atom is -0.496 e. The van der Waals surface area contributed by atoms with Gasteiger partial charge in [0.2, 0.25) is 0 Å². The summed E-state index contributed by atoms with van der Waals surface area (Å²) in [5.74, 6) is -1.54. The molecule has 0 unspecified atom stereocenters. The van der Waals surface area contributed by atoms with E-state index >= 15 is 0 Å². The molecule has 2 atom stereocenters. The van der Waals surface area contributed by atoms with Crippen molar-refractivity contribution in [3.05, 3.63) is 59.2 Å². The average molecular weight is 428 g/mol. The van der Waals surface area contributed by atoms with Crippen LogP contribution in [-0.2, 0) is 0 Å². The smallest absolute Gasteiger partial charge is 0.258 e. The standard InChI is InChI=1S/C24H26F2N2O3/c1-31-22-14-17(27-23(29)18-10-8-16(25)13-20(18)26)9-11-19(22)24(30)28-12-4-6-15-5-2-3-7-21(15)28/h8-11,13-15,21H,2-7,12H2,1H3,(H,27,29)/t15-,21-/m1/s1. The zero-order valence-electron chi connectivity index (χ0n) is 17.5. The number of hydrogen-bond acceptors (Lipinski definition) is 3. The van der Waals surface area contributed by atoms with E-state index in [9.17, 15) is 18.4 Å². The Morgan fingerprint density at radius 2 is 1.74 bits per heavy atom. The number of piperidine rings is 1. The lowest BCUT2D eigenvalue weighted by atomic mass is 9.78. The van der Waals surface area contributed by atoms with E-state index in [1.807, 2.05) is 4.90 Å².